The molecular weight excluding hydrogens is 326 g/mol. The van der Waals surface area contributed by atoms with Gasteiger partial charge in [0.25, 0.3) is 0 Å². The molecule has 3 nitrogen and oxygen atoms in total. The van der Waals surface area contributed by atoms with E-state index < -0.39 is 0 Å². The Kier molecular flexibility index (Phi) is 3.88. The Labute approximate surface area is 132 Å². The number of halogens is 1. The van der Waals surface area contributed by atoms with Crippen molar-refractivity contribution in [2.75, 3.05) is 12.4 Å². The van der Waals surface area contributed by atoms with E-state index in [1.165, 1.54) is 10.8 Å². The molecule has 0 fully saturated rings. The molecule has 21 heavy (non-hydrogen) atoms. The van der Waals surface area contributed by atoms with E-state index in [0.717, 1.165) is 33.8 Å². The van der Waals surface area contributed by atoms with Crippen LogP contribution >= 0.6 is 15.9 Å². The van der Waals surface area contributed by atoms with E-state index in [9.17, 15) is 0 Å². The second-order valence-corrected chi connectivity index (χ2v) is 5.58. The van der Waals surface area contributed by atoms with E-state index in [1.807, 2.05) is 25.2 Å². The second kappa shape index (κ2) is 5.82. The third kappa shape index (κ3) is 2.51. The number of aryl methyl sites for hydroxylation is 1. The van der Waals surface area contributed by atoms with Gasteiger partial charge in [-0.15, -0.1) is 0 Å². The maximum absolute atomic E-state index is 4.72. The molecule has 106 valence electrons. The van der Waals surface area contributed by atoms with Crippen molar-refractivity contribution in [1.82, 2.24) is 9.97 Å². The highest BCUT2D eigenvalue weighted by Gasteiger charge is 2.13. The maximum Gasteiger partial charge on any atom is 0.162 e. The van der Waals surface area contributed by atoms with Crippen molar-refractivity contribution in [3.8, 4) is 11.4 Å². The van der Waals surface area contributed by atoms with E-state index in [4.69, 9.17) is 4.98 Å². The summed E-state index contributed by atoms with van der Waals surface area (Å²) < 4.78 is 0.941. The van der Waals surface area contributed by atoms with Crippen molar-refractivity contribution in [2.24, 2.45) is 0 Å². The summed E-state index contributed by atoms with van der Waals surface area (Å²) >= 11 is 3.57. The Morgan fingerprint density at radius 3 is 2.57 bits per heavy atom. The summed E-state index contributed by atoms with van der Waals surface area (Å²) in [7, 11) is 1.87. The second-order valence-electron chi connectivity index (χ2n) is 4.79. The lowest BCUT2D eigenvalue weighted by Gasteiger charge is -2.11. The van der Waals surface area contributed by atoms with Crippen LogP contribution in [0.2, 0.25) is 0 Å². The fourth-order valence-electron chi connectivity index (χ4n) is 2.43. The van der Waals surface area contributed by atoms with Crippen LogP contribution in [-0.2, 0) is 6.42 Å². The van der Waals surface area contributed by atoms with Crippen LogP contribution in [-0.4, -0.2) is 17.0 Å². The first-order valence-corrected chi connectivity index (χ1v) is 7.76. The Balaban J connectivity index is 2.28. The summed E-state index contributed by atoms with van der Waals surface area (Å²) in [5.74, 6) is 1.58. The summed E-state index contributed by atoms with van der Waals surface area (Å²) in [6.07, 6.45) is 0.857. The lowest BCUT2D eigenvalue weighted by atomic mass is 10.0. The molecule has 1 N–H and O–H groups in total. The number of aromatic nitrogens is 2. The largest absolute Gasteiger partial charge is 0.372 e. The molecule has 2 aromatic carbocycles. The Hall–Kier alpha value is -1.94. The fraction of sp³-hybridized carbons (Fsp3) is 0.176. The number of fused-ring (bicyclic) bond motifs is 1. The van der Waals surface area contributed by atoms with Crippen LogP contribution in [0.1, 0.15) is 12.6 Å². The van der Waals surface area contributed by atoms with Crippen molar-refractivity contribution >= 4 is 32.5 Å². The van der Waals surface area contributed by atoms with Crippen LogP contribution in [0.5, 0.6) is 0 Å². The molecule has 0 aliphatic rings. The molecule has 0 radical (unpaired) electrons. The molecule has 0 aliphatic heterocycles. The minimum absolute atomic E-state index is 0.760. The zero-order valence-electron chi connectivity index (χ0n) is 12.0. The van der Waals surface area contributed by atoms with Crippen molar-refractivity contribution in [3.05, 3.63) is 52.6 Å². The highest BCUT2D eigenvalue weighted by atomic mass is 79.9. The fourth-order valence-corrected chi connectivity index (χ4v) is 3.09. The summed E-state index contributed by atoms with van der Waals surface area (Å²) in [6, 6.07) is 14.5. The van der Waals surface area contributed by atoms with Gasteiger partial charge in [0, 0.05) is 12.6 Å². The SMILES string of the molecule is CCc1nc(-c2cccc3ccccc23)nc(NC)c1Br. The third-order valence-corrected chi connectivity index (χ3v) is 4.36. The Bertz CT molecular complexity index is 769. The molecule has 3 rings (SSSR count). The van der Waals surface area contributed by atoms with Crippen LogP contribution in [0.4, 0.5) is 5.82 Å². The first-order chi connectivity index (χ1) is 10.2. The van der Waals surface area contributed by atoms with Crippen molar-refractivity contribution < 1.29 is 0 Å². The predicted molar refractivity (Wildman–Crippen MR) is 91.6 cm³/mol. The van der Waals surface area contributed by atoms with E-state index in [2.05, 4.69) is 57.4 Å². The van der Waals surface area contributed by atoms with Crippen LogP contribution in [0.15, 0.2) is 46.9 Å². The maximum atomic E-state index is 4.72. The summed E-state index contributed by atoms with van der Waals surface area (Å²) in [6.45, 7) is 2.10. The molecule has 0 amide bonds. The van der Waals surface area contributed by atoms with E-state index >= 15 is 0 Å². The van der Waals surface area contributed by atoms with Crippen molar-refractivity contribution in [3.63, 3.8) is 0 Å². The predicted octanol–water partition coefficient (Wildman–Crippen LogP) is 4.66. The average molecular weight is 342 g/mol. The van der Waals surface area contributed by atoms with Gasteiger partial charge in [-0.3, -0.25) is 0 Å². The van der Waals surface area contributed by atoms with Crippen LogP contribution in [0.25, 0.3) is 22.2 Å². The zero-order valence-corrected chi connectivity index (χ0v) is 13.6. The normalized spacial score (nSPS) is 10.8. The smallest absolute Gasteiger partial charge is 0.162 e. The number of nitrogens with zero attached hydrogens (tertiary/aromatic N) is 2. The van der Waals surface area contributed by atoms with Gasteiger partial charge in [-0.25, -0.2) is 9.97 Å². The van der Waals surface area contributed by atoms with Gasteiger partial charge in [-0.1, -0.05) is 49.4 Å². The van der Waals surface area contributed by atoms with Gasteiger partial charge in [-0.05, 0) is 33.1 Å². The number of hydrogen-bond donors (Lipinski definition) is 1. The van der Waals surface area contributed by atoms with Gasteiger partial charge in [0.15, 0.2) is 5.82 Å². The monoisotopic (exact) mass is 341 g/mol. The Morgan fingerprint density at radius 2 is 1.81 bits per heavy atom. The molecule has 0 saturated carbocycles. The lowest BCUT2D eigenvalue weighted by Crippen LogP contribution is -2.03. The quantitative estimate of drug-likeness (QED) is 0.752. The van der Waals surface area contributed by atoms with Crippen LogP contribution in [0, 0.1) is 0 Å². The van der Waals surface area contributed by atoms with Gasteiger partial charge < -0.3 is 5.32 Å². The summed E-state index contributed by atoms with van der Waals surface area (Å²) in [4.78, 5) is 9.37. The topological polar surface area (TPSA) is 37.8 Å². The summed E-state index contributed by atoms with van der Waals surface area (Å²) in [5.41, 5.74) is 2.07. The van der Waals surface area contributed by atoms with Crippen molar-refractivity contribution in [2.45, 2.75) is 13.3 Å². The number of rotatable bonds is 3. The molecule has 0 aliphatic carbocycles. The molecule has 4 heteroatoms. The molecule has 0 bridgehead atoms. The molecule has 0 saturated heterocycles. The van der Waals surface area contributed by atoms with Gasteiger partial charge in [0.05, 0.1) is 10.2 Å². The number of benzene rings is 2. The number of nitrogens with one attached hydrogen (secondary N) is 1. The first-order valence-electron chi connectivity index (χ1n) is 6.97. The minimum atomic E-state index is 0.760. The average Bonchev–Trinajstić information content (AvgIpc) is 2.54. The molecule has 0 atom stereocenters. The summed E-state index contributed by atoms with van der Waals surface area (Å²) in [5, 5.41) is 5.50. The van der Waals surface area contributed by atoms with Gasteiger partial charge in [-0.2, -0.15) is 0 Å². The zero-order chi connectivity index (χ0) is 14.8. The molecule has 0 spiro atoms. The molecule has 3 aromatic rings. The highest BCUT2D eigenvalue weighted by molar-refractivity contribution is 9.10. The van der Waals surface area contributed by atoms with Crippen molar-refractivity contribution in [1.29, 1.82) is 0 Å². The van der Waals surface area contributed by atoms with E-state index in [-0.39, 0.29) is 0 Å². The van der Waals surface area contributed by atoms with Gasteiger partial charge >= 0.3 is 0 Å². The van der Waals surface area contributed by atoms with Crippen LogP contribution in [0.3, 0.4) is 0 Å². The number of anilines is 1. The number of hydrogen-bond acceptors (Lipinski definition) is 3. The first kappa shape index (κ1) is 14.0. The molecule has 0 unspecified atom stereocenters. The Morgan fingerprint density at radius 1 is 1.05 bits per heavy atom. The standard InChI is InChI=1S/C17H16BrN3/c1-3-14-15(18)17(19-2)21-16(20-14)13-10-6-8-11-7-4-5-9-12(11)13/h4-10H,3H2,1-2H3,(H,19,20,21). The highest BCUT2D eigenvalue weighted by Crippen LogP contribution is 2.30. The van der Waals surface area contributed by atoms with Crippen LogP contribution < -0.4 is 5.32 Å². The minimum Gasteiger partial charge on any atom is -0.372 e. The molecule has 1 aromatic heterocycles. The van der Waals surface area contributed by atoms with E-state index in [0.29, 0.717) is 0 Å². The third-order valence-electron chi connectivity index (χ3n) is 3.52. The lowest BCUT2D eigenvalue weighted by molar-refractivity contribution is 0.992. The van der Waals surface area contributed by atoms with Gasteiger partial charge in [0.1, 0.15) is 5.82 Å². The molecule has 1 heterocycles. The van der Waals surface area contributed by atoms with Gasteiger partial charge in [0.2, 0.25) is 0 Å². The van der Waals surface area contributed by atoms with E-state index in [1.54, 1.807) is 0 Å². The molecular formula is C17H16BrN3.